The molecule has 1 heterocycles. The van der Waals surface area contributed by atoms with Crippen LogP contribution in [0.3, 0.4) is 0 Å². The molecule has 0 fully saturated rings. The predicted octanol–water partition coefficient (Wildman–Crippen LogP) is -0.300. The minimum absolute atomic E-state index is 0.0242. The Morgan fingerprint density at radius 3 is 2.27 bits per heavy atom. The number of benzene rings is 1. The minimum atomic E-state index is -1.80. The van der Waals surface area contributed by atoms with Crippen LogP contribution < -0.4 is 20.7 Å². The van der Waals surface area contributed by atoms with Gasteiger partial charge in [0.15, 0.2) is 12.4 Å². The van der Waals surface area contributed by atoms with Gasteiger partial charge in [-0.1, -0.05) is 31.5 Å². The minimum Gasteiger partial charge on any atom is -0.619 e. The van der Waals surface area contributed by atoms with Gasteiger partial charge in [-0.3, -0.25) is 14.4 Å². The third kappa shape index (κ3) is 8.21. The van der Waals surface area contributed by atoms with Crippen molar-refractivity contribution in [2.24, 2.45) is 5.92 Å². The fourth-order valence-corrected chi connectivity index (χ4v) is 3.09. The van der Waals surface area contributed by atoms with Crippen molar-refractivity contribution in [3.8, 4) is 0 Å². The van der Waals surface area contributed by atoms with Gasteiger partial charge in [-0.05, 0) is 37.5 Å². The molecule has 0 aliphatic rings. The lowest BCUT2D eigenvalue weighted by atomic mass is 9.75. The fourth-order valence-electron chi connectivity index (χ4n) is 3.09. The number of nitrogens with zero attached hydrogens (tertiary/aromatic N) is 1. The molecule has 3 amide bonds. The monoisotopic (exact) mass is 456 g/mol. The van der Waals surface area contributed by atoms with Gasteiger partial charge in [0.05, 0.1) is 5.94 Å². The van der Waals surface area contributed by atoms with E-state index >= 15 is 0 Å². The molecule has 0 spiro atoms. The highest BCUT2D eigenvalue weighted by Crippen LogP contribution is 2.07. The van der Waals surface area contributed by atoms with Crippen molar-refractivity contribution in [2.45, 2.75) is 39.2 Å². The summed E-state index contributed by atoms with van der Waals surface area (Å²) < 4.78 is 0.448. The van der Waals surface area contributed by atoms with Gasteiger partial charge in [-0.25, -0.2) is 0 Å². The molecular formula is C22H29BN4O6. The molecular weight excluding hydrogens is 427 g/mol. The Balaban J connectivity index is 2.16. The van der Waals surface area contributed by atoms with Gasteiger partial charge in [0.2, 0.25) is 5.91 Å². The Morgan fingerprint density at radius 1 is 1.03 bits per heavy atom. The molecule has 0 aliphatic heterocycles. The molecule has 0 aliphatic carbocycles. The summed E-state index contributed by atoms with van der Waals surface area (Å²) in [5, 5.41) is 38.3. The first-order valence-corrected chi connectivity index (χ1v) is 10.6. The summed E-state index contributed by atoms with van der Waals surface area (Å²) in [6, 6.07) is 8.37. The SMILES string of the molecule is Cc1ccc(C(=O)NC[C@H](NC(=O)c2ccc[n+]([O-])c2)C(=O)N[C@@H](CC(C)C)B(O)O)cc1. The number of hydrogen-bond acceptors (Lipinski definition) is 6. The quantitative estimate of drug-likeness (QED) is 0.188. The zero-order valence-electron chi connectivity index (χ0n) is 18.8. The van der Waals surface area contributed by atoms with Crippen LogP contribution in [0.4, 0.5) is 0 Å². The second kappa shape index (κ2) is 12.0. The second-order valence-corrected chi connectivity index (χ2v) is 8.21. The first-order valence-electron chi connectivity index (χ1n) is 10.6. The number of hydrogen-bond donors (Lipinski definition) is 5. The standard InChI is InChI=1S/C22H29BN4O6/c1-14(2)11-19(23(31)32)26-22(30)18(25-21(29)17-5-4-10-27(33)13-17)12-24-20(28)16-8-6-15(3)7-9-16/h4-10,13-14,18-19,31-32H,11-12H2,1-3H3,(H,24,28)(H,25,29)(H,26,30)/t18-,19-/m0/s1. The van der Waals surface area contributed by atoms with E-state index in [1.165, 1.54) is 18.3 Å². The highest BCUT2D eigenvalue weighted by Gasteiger charge is 2.30. The van der Waals surface area contributed by atoms with E-state index in [-0.39, 0.29) is 24.4 Å². The zero-order valence-corrected chi connectivity index (χ0v) is 18.8. The summed E-state index contributed by atoms with van der Waals surface area (Å²) in [7, 11) is -1.80. The topological polar surface area (TPSA) is 155 Å². The molecule has 176 valence electrons. The van der Waals surface area contributed by atoms with Crippen LogP contribution in [0.25, 0.3) is 0 Å². The highest BCUT2D eigenvalue weighted by atomic mass is 16.5. The molecule has 0 radical (unpaired) electrons. The van der Waals surface area contributed by atoms with E-state index in [9.17, 15) is 29.6 Å². The summed E-state index contributed by atoms with van der Waals surface area (Å²) in [5.41, 5.74) is 1.38. The molecule has 1 aromatic carbocycles. The molecule has 5 N–H and O–H groups in total. The van der Waals surface area contributed by atoms with Crippen LogP contribution in [0, 0.1) is 18.0 Å². The van der Waals surface area contributed by atoms with Crippen molar-refractivity contribution in [1.29, 1.82) is 0 Å². The van der Waals surface area contributed by atoms with Gasteiger partial charge >= 0.3 is 7.12 Å². The summed E-state index contributed by atoms with van der Waals surface area (Å²) in [5.74, 6) is -2.76. The van der Waals surface area contributed by atoms with Crippen molar-refractivity contribution >= 4 is 24.8 Å². The largest absolute Gasteiger partial charge is 0.619 e. The third-order valence-electron chi connectivity index (χ3n) is 4.85. The zero-order chi connectivity index (χ0) is 24.5. The number of carbonyl (C=O) groups is 3. The Labute approximate surface area is 192 Å². The molecule has 0 saturated heterocycles. The summed E-state index contributed by atoms with van der Waals surface area (Å²) in [6.45, 7) is 5.34. The van der Waals surface area contributed by atoms with Crippen molar-refractivity contribution in [2.75, 3.05) is 6.54 Å². The maximum absolute atomic E-state index is 12.9. The van der Waals surface area contributed by atoms with Crippen LogP contribution in [-0.2, 0) is 4.79 Å². The van der Waals surface area contributed by atoms with Crippen LogP contribution >= 0.6 is 0 Å². The van der Waals surface area contributed by atoms with Gasteiger partial charge in [0.25, 0.3) is 11.8 Å². The summed E-state index contributed by atoms with van der Waals surface area (Å²) in [4.78, 5) is 38.0. The van der Waals surface area contributed by atoms with Crippen LogP contribution in [0.5, 0.6) is 0 Å². The number of nitrogens with one attached hydrogen (secondary N) is 3. The van der Waals surface area contributed by atoms with Gasteiger partial charge in [0, 0.05) is 18.2 Å². The summed E-state index contributed by atoms with van der Waals surface area (Å²) >= 11 is 0. The smallest absolute Gasteiger partial charge is 0.475 e. The lowest BCUT2D eigenvalue weighted by Crippen LogP contribution is -2.57. The van der Waals surface area contributed by atoms with E-state index in [2.05, 4.69) is 16.0 Å². The molecule has 0 bridgehead atoms. The Morgan fingerprint density at radius 2 is 1.70 bits per heavy atom. The molecule has 11 heteroatoms. The van der Waals surface area contributed by atoms with Crippen molar-refractivity contribution < 1.29 is 29.2 Å². The lowest BCUT2D eigenvalue weighted by molar-refractivity contribution is -0.605. The Kier molecular flexibility index (Phi) is 9.37. The number of aromatic nitrogens is 1. The average molecular weight is 456 g/mol. The third-order valence-corrected chi connectivity index (χ3v) is 4.85. The van der Waals surface area contributed by atoms with E-state index in [1.807, 2.05) is 20.8 Å². The lowest BCUT2D eigenvalue weighted by Gasteiger charge is -2.24. The molecule has 10 nitrogen and oxygen atoms in total. The average Bonchev–Trinajstić information content (AvgIpc) is 2.75. The van der Waals surface area contributed by atoms with Gasteiger partial charge in [-0.2, -0.15) is 4.73 Å². The van der Waals surface area contributed by atoms with E-state index in [0.29, 0.717) is 10.3 Å². The predicted molar refractivity (Wildman–Crippen MR) is 122 cm³/mol. The molecule has 33 heavy (non-hydrogen) atoms. The van der Waals surface area contributed by atoms with E-state index in [1.54, 1.807) is 24.3 Å². The van der Waals surface area contributed by atoms with Gasteiger partial charge < -0.3 is 31.2 Å². The number of pyridine rings is 1. The van der Waals surface area contributed by atoms with Crippen LogP contribution in [0.2, 0.25) is 0 Å². The van der Waals surface area contributed by atoms with Crippen molar-refractivity contribution in [1.82, 2.24) is 16.0 Å². The molecule has 2 rings (SSSR count). The molecule has 0 saturated carbocycles. The number of aryl methyl sites for hydroxylation is 1. The number of rotatable bonds is 10. The van der Waals surface area contributed by atoms with Gasteiger partial charge in [0.1, 0.15) is 11.6 Å². The van der Waals surface area contributed by atoms with E-state index in [0.717, 1.165) is 11.8 Å². The molecule has 0 unspecified atom stereocenters. The van der Waals surface area contributed by atoms with Crippen LogP contribution in [0.15, 0.2) is 48.8 Å². The maximum Gasteiger partial charge on any atom is 0.475 e. The Bertz CT molecular complexity index is 968. The molecule has 2 aromatic rings. The Hall–Kier alpha value is -3.44. The summed E-state index contributed by atoms with van der Waals surface area (Å²) in [6.07, 6.45) is 2.55. The first kappa shape index (κ1) is 25.8. The van der Waals surface area contributed by atoms with E-state index in [4.69, 9.17) is 0 Å². The van der Waals surface area contributed by atoms with Crippen LogP contribution in [-0.4, -0.2) is 53.4 Å². The van der Waals surface area contributed by atoms with Crippen molar-refractivity contribution in [3.05, 3.63) is 70.7 Å². The normalized spacial score (nSPS) is 12.5. The molecule has 2 atom stereocenters. The van der Waals surface area contributed by atoms with Gasteiger partial charge in [-0.15, -0.1) is 0 Å². The second-order valence-electron chi connectivity index (χ2n) is 8.21. The van der Waals surface area contributed by atoms with Crippen LogP contribution in [0.1, 0.15) is 46.5 Å². The number of amides is 3. The van der Waals surface area contributed by atoms with Crippen molar-refractivity contribution in [3.63, 3.8) is 0 Å². The highest BCUT2D eigenvalue weighted by molar-refractivity contribution is 6.43. The number of carbonyl (C=O) groups excluding carboxylic acids is 3. The molecule has 1 aromatic heterocycles. The fraction of sp³-hybridized carbons (Fsp3) is 0.364. The van der Waals surface area contributed by atoms with E-state index < -0.39 is 36.8 Å². The maximum atomic E-state index is 12.9. The first-order chi connectivity index (χ1) is 15.6.